The van der Waals surface area contributed by atoms with E-state index in [2.05, 4.69) is 4.99 Å². The van der Waals surface area contributed by atoms with Crippen LogP contribution < -0.4 is 9.47 Å². The summed E-state index contributed by atoms with van der Waals surface area (Å²) in [5.74, 6) is 0.226. The highest BCUT2D eigenvalue weighted by atomic mass is 16.5. The molecule has 25 heavy (non-hydrogen) atoms. The number of piperidine rings is 1. The largest absolute Gasteiger partial charge is 0.493 e. The Morgan fingerprint density at radius 1 is 1.32 bits per heavy atom. The zero-order valence-electron chi connectivity index (χ0n) is 14.0. The van der Waals surface area contributed by atoms with Crippen molar-refractivity contribution >= 4 is 17.5 Å². The molecule has 0 bridgehead atoms. The predicted molar refractivity (Wildman–Crippen MR) is 89.7 cm³/mol. The number of likely N-dealkylation sites (tertiary alicyclic amines) is 1. The van der Waals surface area contributed by atoms with Crippen LogP contribution in [0.5, 0.6) is 11.5 Å². The van der Waals surface area contributed by atoms with Crippen LogP contribution in [0, 0.1) is 17.2 Å². The summed E-state index contributed by atoms with van der Waals surface area (Å²) in [5.41, 5.74) is 1.27. The van der Waals surface area contributed by atoms with E-state index in [4.69, 9.17) is 14.7 Å². The fourth-order valence-corrected chi connectivity index (χ4v) is 3.04. The Labute approximate surface area is 145 Å². The maximum atomic E-state index is 12.8. The number of benzene rings is 1. The van der Waals surface area contributed by atoms with Crippen molar-refractivity contribution in [2.75, 3.05) is 27.3 Å². The molecule has 1 aromatic rings. The average molecular weight is 339 g/mol. The second-order valence-corrected chi connectivity index (χ2v) is 5.78. The molecule has 2 aliphatic rings. The fourth-order valence-electron chi connectivity index (χ4n) is 3.04. The predicted octanol–water partition coefficient (Wildman–Crippen LogP) is 1.60. The summed E-state index contributed by atoms with van der Waals surface area (Å²) in [7, 11) is 3.05. The highest BCUT2D eigenvalue weighted by Gasteiger charge is 2.32. The quantitative estimate of drug-likeness (QED) is 0.834. The number of amides is 2. The van der Waals surface area contributed by atoms with E-state index in [1.165, 1.54) is 14.2 Å². The molecule has 0 aromatic heterocycles. The number of fused-ring (bicyclic) bond motifs is 1. The topological polar surface area (TPSA) is 92.0 Å². The van der Waals surface area contributed by atoms with Crippen LogP contribution >= 0.6 is 0 Å². The van der Waals surface area contributed by atoms with Gasteiger partial charge in [0.1, 0.15) is 11.6 Å². The van der Waals surface area contributed by atoms with Crippen LogP contribution in [-0.4, -0.2) is 49.7 Å². The number of carbonyl (C=O) groups excluding carboxylic acids is 2. The second kappa shape index (κ2) is 6.77. The van der Waals surface area contributed by atoms with Gasteiger partial charge in [0.15, 0.2) is 11.5 Å². The first-order valence-electron chi connectivity index (χ1n) is 7.82. The highest BCUT2D eigenvalue weighted by Crippen LogP contribution is 2.29. The number of ether oxygens (including phenoxy) is 2. The van der Waals surface area contributed by atoms with Gasteiger partial charge >= 0.3 is 0 Å². The minimum absolute atomic E-state index is 0.0363. The van der Waals surface area contributed by atoms with E-state index in [1.54, 1.807) is 29.2 Å². The number of rotatable bonds is 3. The maximum absolute atomic E-state index is 12.8. The van der Waals surface area contributed by atoms with Crippen molar-refractivity contribution in [1.29, 1.82) is 5.26 Å². The van der Waals surface area contributed by atoms with E-state index in [0.717, 1.165) is 5.71 Å². The zero-order valence-corrected chi connectivity index (χ0v) is 14.0. The minimum atomic E-state index is -0.492. The summed E-state index contributed by atoms with van der Waals surface area (Å²) in [4.78, 5) is 30.1. The summed E-state index contributed by atoms with van der Waals surface area (Å²) in [5, 5.41) is 9.00. The zero-order chi connectivity index (χ0) is 18.0. The molecule has 1 aromatic carbocycles. The molecule has 3 rings (SSSR count). The van der Waals surface area contributed by atoms with Gasteiger partial charge in [0.05, 0.1) is 14.2 Å². The Hall–Kier alpha value is -3.14. The lowest BCUT2D eigenvalue weighted by molar-refractivity contribution is -0.114. The Bertz CT molecular complexity index is 835. The molecule has 1 fully saturated rings. The van der Waals surface area contributed by atoms with Crippen molar-refractivity contribution in [3.8, 4) is 17.6 Å². The van der Waals surface area contributed by atoms with Crippen LogP contribution in [-0.2, 0) is 4.79 Å². The lowest BCUT2D eigenvalue weighted by Gasteiger charge is -2.33. The molecule has 0 aliphatic carbocycles. The molecular formula is C18H17N3O4. The van der Waals surface area contributed by atoms with Gasteiger partial charge in [-0.3, -0.25) is 9.59 Å². The molecule has 2 heterocycles. The van der Waals surface area contributed by atoms with Gasteiger partial charge < -0.3 is 14.4 Å². The smallest absolute Gasteiger partial charge is 0.287 e. The molecule has 7 heteroatoms. The summed E-state index contributed by atoms with van der Waals surface area (Å²) in [6.45, 7) is 0.871. The van der Waals surface area contributed by atoms with E-state index < -0.39 is 5.91 Å². The van der Waals surface area contributed by atoms with E-state index in [9.17, 15) is 9.59 Å². The molecule has 1 saturated heterocycles. The molecule has 0 spiro atoms. The Morgan fingerprint density at radius 3 is 2.76 bits per heavy atom. The number of nitrogens with zero attached hydrogens (tertiary/aromatic N) is 3. The van der Waals surface area contributed by atoms with Crippen molar-refractivity contribution < 1.29 is 19.1 Å². The Morgan fingerprint density at radius 2 is 2.08 bits per heavy atom. The number of methoxy groups -OCH3 is 2. The third-order valence-corrected chi connectivity index (χ3v) is 4.36. The van der Waals surface area contributed by atoms with Gasteiger partial charge in [-0.25, -0.2) is 4.99 Å². The van der Waals surface area contributed by atoms with Crippen molar-refractivity contribution in [3.63, 3.8) is 0 Å². The number of carbonyl (C=O) groups is 2. The third kappa shape index (κ3) is 3.11. The van der Waals surface area contributed by atoms with Crippen LogP contribution in [0.4, 0.5) is 0 Å². The molecule has 128 valence electrons. The van der Waals surface area contributed by atoms with Crippen LogP contribution in [0.3, 0.4) is 0 Å². The van der Waals surface area contributed by atoms with Crippen molar-refractivity contribution in [2.24, 2.45) is 10.9 Å². The SMILES string of the molecule is COc1ccc(C(=O)N2CCC3=NC(=O)C(C#N)=CC3C2)cc1OC. The third-order valence-electron chi connectivity index (χ3n) is 4.36. The van der Waals surface area contributed by atoms with E-state index in [0.29, 0.717) is 36.6 Å². The molecule has 1 unspecified atom stereocenters. The molecule has 0 N–H and O–H groups in total. The first-order valence-corrected chi connectivity index (χ1v) is 7.82. The lowest BCUT2D eigenvalue weighted by Crippen LogP contribution is -2.44. The van der Waals surface area contributed by atoms with Gasteiger partial charge in [-0.15, -0.1) is 0 Å². The van der Waals surface area contributed by atoms with E-state index >= 15 is 0 Å². The van der Waals surface area contributed by atoms with E-state index in [1.807, 2.05) is 6.07 Å². The standard InChI is InChI=1S/C18H17N3O4/c1-24-15-4-3-11(8-16(15)25-2)18(23)21-6-5-14-13(10-21)7-12(9-19)17(22)20-14/h3-4,7-8,13H,5-6,10H2,1-2H3. The van der Waals surface area contributed by atoms with Crippen molar-refractivity contribution in [1.82, 2.24) is 4.90 Å². The summed E-state index contributed by atoms with van der Waals surface area (Å²) >= 11 is 0. The van der Waals surface area contributed by atoms with Crippen molar-refractivity contribution in [2.45, 2.75) is 6.42 Å². The van der Waals surface area contributed by atoms with Crippen LogP contribution in [0.1, 0.15) is 16.8 Å². The average Bonchev–Trinajstić information content (AvgIpc) is 2.65. The van der Waals surface area contributed by atoms with Gasteiger partial charge in [-0.2, -0.15) is 5.26 Å². The van der Waals surface area contributed by atoms with Gasteiger partial charge in [0.2, 0.25) is 0 Å². The van der Waals surface area contributed by atoms with Crippen LogP contribution in [0.2, 0.25) is 0 Å². The maximum Gasteiger partial charge on any atom is 0.287 e. The summed E-state index contributed by atoms with van der Waals surface area (Å²) in [6.07, 6.45) is 2.13. The number of hydrogen-bond acceptors (Lipinski definition) is 5. The molecule has 0 radical (unpaired) electrons. The Balaban J connectivity index is 1.81. The second-order valence-electron chi connectivity index (χ2n) is 5.78. The van der Waals surface area contributed by atoms with Crippen molar-refractivity contribution in [3.05, 3.63) is 35.4 Å². The molecule has 2 aliphatic heterocycles. The molecule has 7 nitrogen and oxygen atoms in total. The monoisotopic (exact) mass is 339 g/mol. The fraction of sp³-hybridized carbons (Fsp3) is 0.333. The molecule has 0 saturated carbocycles. The normalized spacial score (nSPS) is 19.3. The lowest BCUT2D eigenvalue weighted by atomic mass is 9.90. The van der Waals surface area contributed by atoms with Gasteiger partial charge in [0.25, 0.3) is 11.8 Å². The van der Waals surface area contributed by atoms with E-state index in [-0.39, 0.29) is 17.4 Å². The molecule has 1 atom stereocenters. The minimum Gasteiger partial charge on any atom is -0.493 e. The van der Waals surface area contributed by atoms with Gasteiger partial charge in [-0.05, 0) is 18.2 Å². The number of dihydropyridines is 1. The number of aliphatic imine (C=N–C) groups is 1. The first kappa shape index (κ1) is 16.7. The molecular weight excluding hydrogens is 322 g/mol. The Kier molecular flexibility index (Phi) is 4.52. The number of nitriles is 1. The van der Waals surface area contributed by atoms with Crippen LogP contribution in [0.15, 0.2) is 34.8 Å². The van der Waals surface area contributed by atoms with Gasteiger partial charge in [0, 0.05) is 36.7 Å². The summed E-state index contributed by atoms with van der Waals surface area (Å²) in [6, 6.07) is 6.88. The first-order chi connectivity index (χ1) is 12.1. The number of hydrogen-bond donors (Lipinski definition) is 0. The van der Waals surface area contributed by atoms with Crippen LogP contribution in [0.25, 0.3) is 0 Å². The molecule has 2 amide bonds. The highest BCUT2D eigenvalue weighted by molar-refractivity contribution is 6.10. The van der Waals surface area contributed by atoms with Gasteiger partial charge in [-0.1, -0.05) is 6.08 Å². The summed E-state index contributed by atoms with van der Waals surface area (Å²) < 4.78 is 10.4.